The second kappa shape index (κ2) is 4.40. The van der Waals surface area contributed by atoms with E-state index in [1.165, 1.54) is 0 Å². The second-order valence-electron chi connectivity index (χ2n) is 1.37. The third-order valence-electron chi connectivity index (χ3n) is 0.587. The molecule has 3 nitrogen and oxygen atoms in total. The monoisotopic (exact) mass is 147 g/mol. The van der Waals surface area contributed by atoms with Crippen molar-refractivity contribution in [2.75, 3.05) is 13.2 Å². The van der Waals surface area contributed by atoms with Crippen molar-refractivity contribution in [3.05, 3.63) is 11.5 Å². The Hall–Kier alpha value is -0.480. The summed E-state index contributed by atoms with van der Waals surface area (Å²) in [6.45, 7) is 3.80. The Labute approximate surface area is 59.3 Å². The molecule has 0 aromatic rings. The van der Waals surface area contributed by atoms with Gasteiger partial charge in [-0.1, -0.05) is 6.58 Å². The minimum absolute atomic E-state index is 0.100. The molecule has 0 radical (unpaired) electrons. The first-order valence-electron chi connectivity index (χ1n) is 2.43. The normalized spacial score (nSPS) is 8.67. The highest BCUT2D eigenvalue weighted by Crippen LogP contribution is 1.97. The lowest BCUT2D eigenvalue weighted by molar-refractivity contribution is -0.137. The molecule has 0 saturated heterocycles. The SMILES string of the molecule is C=C(S)C(=O)OCCN. The molecule has 0 heterocycles. The molecule has 9 heavy (non-hydrogen) atoms. The van der Waals surface area contributed by atoms with Crippen LogP contribution in [0.3, 0.4) is 0 Å². The zero-order valence-electron chi connectivity index (χ0n) is 4.96. The molecule has 0 rings (SSSR count). The summed E-state index contributed by atoms with van der Waals surface area (Å²) >= 11 is 3.66. The van der Waals surface area contributed by atoms with Gasteiger partial charge >= 0.3 is 5.97 Å². The first kappa shape index (κ1) is 8.52. The summed E-state index contributed by atoms with van der Waals surface area (Å²) in [4.78, 5) is 10.5. The third kappa shape index (κ3) is 4.05. The minimum atomic E-state index is -0.510. The fraction of sp³-hybridized carbons (Fsp3) is 0.400. The van der Waals surface area contributed by atoms with Crippen LogP contribution in [0.4, 0.5) is 0 Å². The number of ether oxygens (including phenoxy) is 1. The minimum Gasteiger partial charge on any atom is -0.460 e. The molecule has 0 aromatic carbocycles. The van der Waals surface area contributed by atoms with Crippen LogP contribution in [0.2, 0.25) is 0 Å². The van der Waals surface area contributed by atoms with Gasteiger partial charge in [-0.05, 0) is 0 Å². The molecule has 0 aliphatic carbocycles. The van der Waals surface area contributed by atoms with Gasteiger partial charge in [-0.15, -0.1) is 12.6 Å². The van der Waals surface area contributed by atoms with Gasteiger partial charge in [0.1, 0.15) is 6.61 Å². The van der Waals surface area contributed by atoms with Gasteiger partial charge < -0.3 is 10.5 Å². The molecule has 0 spiro atoms. The number of esters is 1. The van der Waals surface area contributed by atoms with Crippen LogP contribution in [-0.4, -0.2) is 19.1 Å². The van der Waals surface area contributed by atoms with Crippen LogP contribution >= 0.6 is 12.6 Å². The molecule has 0 atom stereocenters. The van der Waals surface area contributed by atoms with E-state index in [2.05, 4.69) is 23.9 Å². The molecule has 52 valence electrons. The number of carbonyl (C=O) groups excluding carboxylic acids is 1. The van der Waals surface area contributed by atoms with Crippen LogP contribution in [0.15, 0.2) is 11.5 Å². The van der Waals surface area contributed by atoms with Crippen molar-refractivity contribution >= 4 is 18.6 Å². The summed E-state index contributed by atoms with van der Waals surface area (Å²) in [6, 6.07) is 0. The Morgan fingerprint density at radius 1 is 1.78 bits per heavy atom. The number of hydrogen-bond acceptors (Lipinski definition) is 4. The van der Waals surface area contributed by atoms with Gasteiger partial charge in [-0.3, -0.25) is 0 Å². The maximum absolute atomic E-state index is 10.4. The molecular weight excluding hydrogens is 138 g/mol. The van der Waals surface area contributed by atoms with E-state index in [4.69, 9.17) is 5.73 Å². The highest BCUT2D eigenvalue weighted by molar-refractivity contribution is 7.85. The average Bonchev–Trinajstić information content (AvgIpc) is 1.82. The highest BCUT2D eigenvalue weighted by Gasteiger charge is 2.00. The van der Waals surface area contributed by atoms with Gasteiger partial charge in [-0.25, -0.2) is 4.79 Å². The van der Waals surface area contributed by atoms with Gasteiger partial charge in [0.2, 0.25) is 0 Å². The third-order valence-corrected chi connectivity index (χ3v) is 0.769. The fourth-order valence-electron chi connectivity index (χ4n) is 0.235. The van der Waals surface area contributed by atoms with Crippen molar-refractivity contribution in [3.63, 3.8) is 0 Å². The second-order valence-corrected chi connectivity index (χ2v) is 1.91. The molecule has 0 saturated carbocycles. The fourth-order valence-corrected chi connectivity index (χ4v) is 0.299. The van der Waals surface area contributed by atoms with Crippen molar-refractivity contribution in [1.82, 2.24) is 0 Å². The standard InChI is InChI=1S/C5H9NO2S/c1-4(9)5(7)8-3-2-6/h9H,1-3,6H2. The van der Waals surface area contributed by atoms with Crippen molar-refractivity contribution in [2.24, 2.45) is 5.73 Å². The first-order valence-corrected chi connectivity index (χ1v) is 2.88. The predicted octanol–water partition coefficient (Wildman–Crippen LogP) is -0.0682. The van der Waals surface area contributed by atoms with E-state index in [-0.39, 0.29) is 11.5 Å². The summed E-state index contributed by atoms with van der Waals surface area (Å²) in [7, 11) is 0. The lowest BCUT2D eigenvalue weighted by Gasteiger charge is -1.98. The topological polar surface area (TPSA) is 52.3 Å². The zero-order chi connectivity index (χ0) is 7.28. The molecular formula is C5H9NO2S. The average molecular weight is 147 g/mol. The van der Waals surface area contributed by atoms with Gasteiger partial charge in [0.15, 0.2) is 0 Å². The predicted molar refractivity (Wildman–Crippen MR) is 38.1 cm³/mol. The lowest BCUT2D eigenvalue weighted by atomic mass is 10.6. The Bertz CT molecular complexity index is 124. The number of thiol groups is 1. The van der Waals surface area contributed by atoms with Gasteiger partial charge in [-0.2, -0.15) is 0 Å². The smallest absolute Gasteiger partial charge is 0.343 e. The molecule has 0 fully saturated rings. The summed E-state index contributed by atoms with van der Waals surface area (Å²) in [5.41, 5.74) is 5.05. The van der Waals surface area contributed by atoms with Crippen molar-refractivity contribution in [2.45, 2.75) is 0 Å². The van der Waals surface area contributed by atoms with E-state index in [0.29, 0.717) is 6.54 Å². The zero-order valence-corrected chi connectivity index (χ0v) is 5.86. The summed E-state index contributed by atoms with van der Waals surface area (Å²) in [5.74, 6) is -0.510. The summed E-state index contributed by atoms with van der Waals surface area (Å²) in [6.07, 6.45) is 0. The van der Waals surface area contributed by atoms with Gasteiger partial charge in [0.05, 0.1) is 4.91 Å². The molecule has 0 unspecified atom stereocenters. The van der Waals surface area contributed by atoms with E-state index in [1.54, 1.807) is 0 Å². The maximum atomic E-state index is 10.4. The van der Waals surface area contributed by atoms with E-state index in [0.717, 1.165) is 0 Å². The van der Waals surface area contributed by atoms with Crippen LogP contribution in [0.25, 0.3) is 0 Å². The van der Waals surface area contributed by atoms with E-state index >= 15 is 0 Å². The van der Waals surface area contributed by atoms with Crippen LogP contribution in [0, 0.1) is 0 Å². The Morgan fingerprint density at radius 3 is 2.67 bits per heavy atom. The Morgan fingerprint density at radius 2 is 2.33 bits per heavy atom. The van der Waals surface area contributed by atoms with Crippen molar-refractivity contribution < 1.29 is 9.53 Å². The quantitative estimate of drug-likeness (QED) is 0.334. The maximum Gasteiger partial charge on any atom is 0.343 e. The molecule has 4 heteroatoms. The van der Waals surface area contributed by atoms with Crippen molar-refractivity contribution in [1.29, 1.82) is 0 Å². The largest absolute Gasteiger partial charge is 0.460 e. The molecule has 0 aliphatic heterocycles. The number of hydrogen-bond donors (Lipinski definition) is 2. The molecule has 2 N–H and O–H groups in total. The van der Waals surface area contributed by atoms with E-state index in [9.17, 15) is 4.79 Å². The number of rotatable bonds is 3. The van der Waals surface area contributed by atoms with Crippen LogP contribution in [0.5, 0.6) is 0 Å². The van der Waals surface area contributed by atoms with E-state index in [1.807, 2.05) is 0 Å². The van der Waals surface area contributed by atoms with Crippen LogP contribution in [0.1, 0.15) is 0 Å². The molecule has 0 aliphatic rings. The van der Waals surface area contributed by atoms with Gasteiger partial charge in [0, 0.05) is 6.54 Å². The number of nitrogens with two attached hydrogens (primary N) is 1. The van der Waals surface area contributed by atoms with E-state index < -0.39 is 5.97 Å². The van der Waals surface area contributed by atoms with Gasteiger partial charge in [0.25, 0.3) is 0 Å². The van der Waals surface area contributed by atoms with Crippen molar-refractivity contribution in [3.8, 4) is 0 Å². The summed E-state index contributed by atoms with van der Waals surface area (Å²) < 4.78 is 4.51. The Balaban J connectivity index is 3.39. The molecule has 0 amide bonds. The first-order chi connectivity index (χ1) is 4.18. The molecule has 0 bridgehead atoms. The lowest BCUT2D eigenvalue weighted by Crippen LogP contribution is -2.12. The van der Waals surface area contributed by atoms with Crippen LogP contribution in [-0.2, 0) is 9.53 Å². The summed E-state index contributed by atoms with van der Waals surface area (Å²) in [5, 5.41) is 0. The number of carbonyl (C=O) groups is 1. The Kier molecular flexibility index (Phi) is 4.17. The molecule has 0 aromatic heterocycles. The van der Waals surface area contributed by atoms with Crippen LogP contribution < -0.4 is 5.73 Å². The highest BCUT2D eigenvalue weighted by atomic mass is 32.1.